The van der Waals surface area contributed by atoms with Crippen LogP contribution in [-0.4, -0.2) is 48.6 Å². The normalized spacial score (nSPS) is 23.9. The van der Waals surface area contributed by atoms with Crippen LogP contribution >= 0.6 is 0 Å². The molecule has 1 heterocycles. The highest BCUT2D eigenvalue weighted by atomic mass is 16.2. The molecule has 0 aliphatic carbocycles. The number of rotatable bonds is 6. The fourth-order valence-electron chi connectivity index (χ4n) is 2.95. The quantitative estimate of drug-likeness (QED) is 0.872. The Morgan fingerprint density at radius 1 is 1.29 bits per heavy atom. The van der Waals surface area contributed by atoms with Gasteiger partial charge in [-0.15, -0.1) is 0 Å². The monoisotopic (exact) mass is 289 g/mol. The highest BCUT2D eigenvalue weighted by molar-refractivity contribution is 5.86. The lowest BCUT2D eigenvalue weighted by atomic mass is 10.1. The van der Waals surface area contributed by atoms with E-state index in [9.17, 15) is 4.79 Å². The Balaban J connectivity index is 2.12. The molecule has 3 unspecified atom stereocenters. The number of hydrogen-bond acceptors (Lipinski definition) is 3. The molecule has 1 N–H and O–H groups in total. The second-order valence-corrected chi connectivity index (χ2v) is 6.12. The lowest BCUT2D eigenvalue weighted by molar-refractivity contribution is -0.132. The minimum atomic E-state index is -0.196. The Bertz CT molecular complexity index is 460. The molecule has 0 aromatic heterocycles. The number of nitrogens with zero attached hydrogens (tertiary/aromatic N) is 2. The SMILES string of the molecule is CCC1NC(c2ccccc2)C(=O)N1C(C)CCN(C)C. The first-order valence-electron chi connectivity index (χ1n) is 7.82. The van der Waals surface area contributed by atoms with E-state index in [1.165, 1.54) is 0 Å². The molecule has 1 aliphatic rings. The van der Waals surface area contributed by atoms with Gasteiger partial charge in [0.15, 0.2) is 0 Å². The summed E-state index contributed by atoms with van der Waals surface area (Å²) in [5.74, 6) is 0.208. The van der Waals surface area contributed by atoms with E-state index in [0.29, 0.717) is 0 Å². The average molecular weight is 289 g/mol. The van der Waals surface area contributed by atoms with Crippen molar-refractivity contribution in [2.24, 2.45) is 0 Å². The van der Waals surface area contributed by atoms with Crippen LogP contribution in [0.2, 0.25) is 0 Å². The van der Waals surface area contributed by atoms with E-state index in [0.717, 1.165) is 24.9 Å². The summed E-state index contributed by atoms with van der Waals surface area (Å²) in [4.78, 5) is 17.0. The van der Waals surface area contributed by atoms with E-state index in [1.54, 1.807) is 0 Å². The maximum absolute atomic E-state index is 12.8. The van der Waals surface area contributed by atoms with Crippen LogP contribution in [-0.2, 0) is 4.79 Å². The molecule has 1 saturated heterocycles. The van der Waals surface area contributed by atoms with Crippen molar-refractivity contribution in [3.63, 3.8) is 0 Å². The van der Waals surface area contributed by atoms with Crippen molar-refractivity contribution in [2.75, 3.05) is 20.6 Å². The van der Waals surface area contributed by atoms with E-state index >= 15 is 0 Å². The van der Waals surface area contributed by atoms with Crippen LogP contribution in [0.1, 0.15) is 38.3 Å². The summed E-state index contributed by atoms with van der Waals surface area (Å²) in [5, 5.41) is 3.49. The van der Waals surface area contributed by atoms with E-state index < -0.39 is 0 Å². The van der Waals surface area contributed by atoms with Crippen LogP contribution in [0, 0.1) is 0 Å². The Morgan fingerprint density at radius 2 is 1.95 bits per heavy atom. The second-order valence-electron chi connectivity index (χ2n) is 6.12. The van der Waals surface area contributed by atoms with Gasteiger partial charge < -0.3 is 9.80 Å². The van der Waals surface area contributed by atoms with Gasteiger partial charge in [0.1, 0.15) is 6.04 Å². The molecule has 0 spiro atoms. The molecule has 1 aliphatic heterocycles. The molecule has 1 aromatic carbocycles. The number of hydrogen-bond donors (Lipinski definition) is 1. The van der Waals surface area contributed by atoms with Crippen molar-refractivity contribution in [1.29, 1.82) is 0 Å². The van der Waals surface area contributed by atoms with Crippen molar-refractivity contribution in [1.82, 2.24) is 15.1 Å². The summed E-state index contributed by atoms with van der Waals surface area (Å²) in [6.45, 7) is 5.28. The zero-order chi connectivity index (χ0) is 15.4. The number of carbonyl (C=O) groups is 1. The second kappa shape index (κ2) is 7.05. The molecule has 0 radical (unpaired) electrons. The molecule has 1 fully saturated rings. The highest BCUT2D eigenvalue weighted by Gasteiger charge is 2.40. The molecule has 1 aromatic rings. The van der Waals surface area contributed by atoms with Gasteiger partial charge in [0, 0.05) is 6.04 Å². The van der Waals surface area contributed by atoms with Gasteiger partial charge in [-0.2, -0.15) is 0 Å². The molecule has 0 bridgehead atoms. The van der Waals surface area contributed by atoms with Gasteiger partial charge in [0.2, 0.25) is 5.91 Å². The lowest BCUT2D eigenvalue weighted by Crippen LogP contribution is -2.43. The number of amides is 1. The van der Waals surface area contributed by atoms with Gasteiger partial charge in [-0.05, 0) is 46.0 Å². The van der Waals surface area contributed by atoms with Crippen molar-refractivity contribution in [3.05, 3.63) is 35.9 Å². The maximum atomic E-state index is 12.8. The lowest BCUT2D eigenvalue weighted by Gasteiger charge is -2.30. The fourth-order valence-corrected chi connectivity index (χ4v) is 2.95. The third-order valence-electron chi connectivity index (χ3n) is 4.18. The molecule has 0 saturated carbocycles. The van der Waals surface area contributed by atoms with Crippen LogP contribution in [0.4, 0.5) is 0 Å². The van der Waals surface area contributed by atoms with Gasteiger partial charge in [-0.1, -0.05) is 37.3 Å². The van der Waals surface area contributed by atoms with Gasteiger partial charge in [0.25, 0.3) is 0 Å². The number of carbonyl (C=O) groups excluding carboxylic acids is 1. The van der Waals surface area contributed by atoms with E-state index in [-0.39, 0.29) is 24.2 Å². The summed E-state index contributed by atoms with van der Waals surface area (Å²) in [6.07, 6.45) is 2.07. The molecule has 1 amide bonds. The van der Waals surface area contributed by atoms with Crippen molar-refractivity contribution < 1.29 is 4.79 Å². The standard InChI is InChI=1S/C17H27N3O/c1-5-15-18-16(14-9-7-6-8-10-14)17(21)20(15)13(2)11-12-19(3)4/h6-10,13,15-16,18H,5,11-12H2,1-4H3. The Kier molecular flexibility index (Phi) is 5.37. The summed E-state index contributed by atoms with van der Waals surface area (Å²) in [7, 11) is 4.14. The Hall–Kier alpha value is -1.39. The molecular formula is C17H27N3O. The van der Waals surface area contributed by atoms with Gasteiger partial charge in [-0.3, -0.25) is 10.1 Å². The average Bonchev–Trinajstić information content (AvgIpc) is 2.82. The minimum Gasteiger partial charge on any atom is -0.323 e. The van der Waals surface area contributed by atoms with Crippen LogP contribution in [0.15, 0.2) is 30.3 Å². The molecular weight excluding hydrogens is 262 g/mol. The summed E-state index contributed by atoms with van der Waals surface area (Å²) < 4.78 is 0. The first kappa shape index (κ1) is 16.0. The van der Waals surface area contributed by atoms with E-state index in [2.05, 4.69) is 38.2 Å². The molecule has 4 nitrogen and oxygen atoms in total. The van der Waals surface area contributed by atoms with Crippen molar-refractivity contribution in [2.45, 2.75) is 44.9 Å². The summed E-state index contributed by atoms with van der Waals surface area (Å²) in [6, 6.07) is 10.1. The van der Waals surface area contributed by atoms with Crippen molar-refractivity contribution >= 4 is 5.91 Å². The molecule has 2 rings (SSSR count). The molecule has 3 atom stereocenters. The largest absolute Gasteiger partial charge is 0.323 e. The first-order valence-corrected chi connectivity index (χ1v) is 7.82. The molecule has 21 heavy (non-hydrogen) atoms. The highest BCUT2D eigenvalue weighted by Crippen LogP contribution is 2.27. The van der Waals surface area contributed by atoms with Crippen LogP contribution in [0.5, 0.6) is 0 Å². The van der Waals surface area contributed by atoms with Gasteiger partial charge in [-0.25, -0.2) is 0 Å². The maximum Gasteiger partial charge on any atom is 0.245 e. The predicted molar refractivity (Wildman–Crippen MR) is 85.9 cm³/mol. The number of nitrogens with one attached hydrogen (secondary N) is 1. The van der Waals surface area contributed by atoms with Gasteiger partial charge in [0.05, 0.1) is 6.17 Å². The zero-order valence-corrected chi connectivity index (χ0v) is 13.5. The predicted octanol–water partition coefficient (Wildman–Crippen LogP) is 2.24. The van der Waals surface area contributed by atoms with Crippen LogP contribution < -0.4 is 5.32 Å². The Labute approximate surface area is 128 Å². The summed E-state index contributed by atoms with van der Waals surface area (Å²) in [5.41, 5.74) is 1.06. The summed E-state index contributed by atoms with van der Waals surface area (Å²) >= 11 is 0. The minimum absolute atomic E-state index is 0.139. The smallest absolute Gasteiger partial charge is 0.245 e. The Morgan fingerprint density at radius 3 is 2.52 bits per heavy atom. The third-order valence-corrected chi connectivity index (χ3v) is 4.18. The molecule has 116 valence electrons. The van der Waals surface area contributed by atoms with Crippen LogP contribution in [0.25, 0.3) is 0 Å². The van der Waals surface area contributed by atoms with Crippen LogP contribution in [0.3, 0.4) is 0 Å². The topological polar surface area (TPSA) is 35.6 Å². The van der Waals surface area contributed by atoms with E-state index in [1.807, 2.05) is 35.2 Å². The van der Waals surface area contributed by atoms with Gasteiger partial charge >= 0.3 is 0 Å². The fraction of sp³-hybridized carbons (Fsp3) is 0.588. The molecule has 4 heteroatoms. The first-order chi connectivity index (χ1) is 10.0. The zero-order valence-electron chi connectivity index (χ0n) is 13.5. The van der Waals surface area contributed by atoms with Crippen molar-refractivity contribution in [3.8, 4) is 0 Å². The van der Waals surface area contributed by atoms with E-state index in [4.69, 9.17) is 0 Å². The third kappa shape index (κ3) is 3.63. The number of benzene rings is 1.